The van der Waals surface area contributed by atoms with Gasteiger partial charge in [-0.2, -0.15) is 5.10 Å². The molecule has 7 nitrogen and oxygen atoms in total. The summed E-state index contributed by atoms with van der Waals surface area (Å²) in [6, 6.07) is 2.66. The van der Waals surface area contributed by atoms with Crippen LogP contribution in [0.25, 0.3) is 0 Å². The second kappa shape index (κ2) is 6.20. The molecule has 0 unspecified atom stereocenters. The van der Waals surface area contributed by atoms with Gasteiger partial charge in [0.1, 0.15) is 5.00 Å². The lowest BCUT2D eigenvalue weighted by Crippen LogP contribution is -2.20. The van der Waals surface area contributed by atoms with Gasteiger partial charge in [-0.1, -0.05) is 13.3 Å². The van der Waals surface area contributed by atoms with Crippen molar-refractivity contribution in [2.45, 2.75) is 19.8 Å². The third-order valence-electron chi connectivity index (χ3n) is 2.51. The van der Waals surface area contributed by atoms with Gasteiger partial charge in [0.2, 0.25) is 0 Å². The maximum Gasteiger partial charge on any atom is 0.338 e. The van der Waals surface area contributed by atoms with Crippen molar-refractivity contribution in [2.24, 2.45) is 0 Å². The number of aromatic nitrogens is 2. The molecule has 2 rings (SSSR count). The number of carboxylic acid groups (broad SMARTS) is 1. The Kier molecular flexibility index (Phi) is 4.36. The Morgan fingerprint density at radius 3 is 2.95 bits per heavy atom. The normalized spacial score (nSPS) is 10.2. The summed E-state index contributed by atoms with van der Waals surface area (Å²) >= 11 is 1.15. The molecular weight excluding hydrogens is 280 g/mol. The largest absolute Gasteiger partial charge is 0.478 e. The quantitative estimate of drug-likeness (QED) is 0.680. The zero-order chi connectivity index (χ0) is 14.5. The van der Waals surface area contributed by atoms with Crippen LogP contribution in [0.3, 0.4) is 0 Å². The molecule has 2 amide bonds. The van der Waals surface area contributed by atoms with Crippen LogP contribution in [-0.2, 0) is 6.42 Å². The Morgan fingerprint density at radius 2 is 2.25 bits per heavy atom. The predicted octanol–water partition coefficient (Wildman–Crippen LogP) is 2.77. The lowest BCUT2D eigenvalue weighted by molar-refractivity contribution is 0.0698. The van der Waals surface area contributed by atoms with E-state index in [0.29, 0.717) is 10.8 Å². The van der Waals surface area contributed by atoms with E-state index >= 15 is 0 Å². The van der Waals surface area contributed by atoms with Crippen LogP contribution in [-0.4, -0.2) is 27.3 Å². The Balaban J connectivity index is 1.98. The van der Waals surface area contributed by atoms with Gasteiger partial charge in [-0.05, 0) is 17.9 Å². The monoisotopic (exact) mass is 294 g/mol. The van der Waals surface area contributed by atoms with E-state index in [1.54, 1.807) is 11.4 Å². The third kappa shape index (κ3) is 3.35. The zero-order valence-electron chi connectivity index (χ0n) is 10.8. The van der Waals surface area contributed by atoms with Gasteiger partial charge in [0, 0.05) is 11.8 Å². The molecule has 0 aliphatic heterocycles. The number of urea groups is 1. The van der Waals surface area contributed by atoms with Crippen molar-refractivity contribution in [3.8, 4) is 0 Å². The summed E-state index contributed by atoms with van der Waals surface area (Å²) in [5, 5.41) is 22.6. The van der Waals surface area contributed by atoms with E-state index in [0.717, 1.165) is 29.9 Å². The van der Waals surface area contributed by atoms with Gasteiger partial charge < -0.3 is 5.11 Å². The molecule has 8 heteroatoms. The highest BCUT2D eigenvalue weighted by molar-refractivity contribution is 7.14. The van der Waals surface area contributed by atoms with Crippen molar-refractivity contribution < 1.29 is 14.7 Å². The molecular formula is C12H14N4O3S. The lowest BCUT2D eigenvalue weighted by atomic mass is 10.2. The van der Waals surface area contributed by atoms with E-state index in [1.807, 2.05) is 6.92 Å². The second-order valence-corrected chi connectivity index (χ2v) is 4.99. The Morgan fingerprint density at radius 1 is 1.45 bits per heavy atom. The molecule has 20 heavy (non-hydrogen) atoms. The summed E-state index contributed by atoms with van der Waals surface area (Å²) in [5.41, 5.74) is 1.00. The molecule has 0 aromatic carbocycles. The van der Waals surface area contributed by atoms with Crippen molar-refractivity contribution >= 4 is 34.2 Å². The fourth-order valence-corrected chi connectivity index (χ4v) is 2.42. The van der Waals surface area contributed by atoms with Crippen molar-refractivity contribution in [3.63, 3.8) is 0 Å². The van der Waals surface area contributed by atoms with Crippen LogP contribution in [0.1, 0.15) is 29.4 Å². The molecule has 2 aromatic heterocycles. The predicted molar refractivity (Wildman–Crippen MR) is 76.5 cm³/mol. The Hall–Kier alpha value is -2.35. The smallest absolute Gasteiger partial charge is 0.338 e. The number of carbonyl (C=O) groups excluding carboxylic acids is 1. The number of nitrogens with one attached hydrogen (secondary N) is 3. The number of aryl methyl sites for hydroxylation is 1. The van der Waals surface area contributed by atoms with E-state index in [1.165, 1.54) is 6.07 Å². The highest BCUT2D eigenvalue weighted by Gasteiger charge is 2.14. The Bertz CT molecular complexity index is 620. The fraction of sp³-hybridized carbons (Fsp3) is 0.250. The number of rotatable bonds is 5. The number of H-pyrrole nitrogens is 1. The van der Waals surface area contributed by atoms with Gasteiger partial charge in [0.15, 0.2) is 5.82 Å². The number of aromatic amines is 1. The van der Waals surface area contributed by atoms with Gasteiger partial charge in [-0.3, -0.25) is 15.7 Å². The Labute approximate surface area is 119 Å². The summed E-state index contributed by atoms with van der Waals surface area (Å²) in [6.45, 7) is 2.05. The molecule has 106 valence electrons. The van der Waals surface area contributed by atoms with Crippen LogP contribution in [0, 0.1) is 0 Å². The van der Waals surface area contributed by atoms with E-state index in [9.17, 15) is 9.59 Å². The average Bonchev–Trinajstić information content (AvgIpc) is 2.99. The van der Waals surface area contributed by atoms with Gasteiger partial charge >= 0.3 is 12.0 Å². The van der Waals surface area contributed by atoms with Gasteiger partial charge in [0.05, 0.1) is 5.56 Å². The van der Waals surface area contributed by atoms with Crippen LogP contribution in [0.15, 0.2) is 17.5 Å². The van der Waals surface area contributed by atoms with E-state index < -0.39 is 12.0 Å². The number of hydrogen-bond acceptors (Lipinski definition) is 4. The number of carboxylic acids is 1. The van der Waals surface area contributed by atoms with Crippen LogP contribution in [0.5, 0.6) is 0 Å². The number of anilines is 2. The summed E-state index contributed by atoms with van der Waals surface area (Å²) < 4.78 is 0. The van der Waals surface area contributed by atoms with Crippen molar-refractivity contribution in [2.75, 3.05) is 10.6 Å². The highest BCUT2D eigenvalue weighted by atomic mass is 32.1. The first-order chi connectivity index (χ1) is 9.60. The summed E-state index contributed by atoms with van der Waals surface area (Å²) in [7, 11) is 0. The van der Waals surface area contributed by atoms with Gasteiger partial charge in [0.25, 0.3) is 0 Å². The molecule has 2 aromatic rings. The fourth-order valence-electron chi connectivity index (χ4n) is 1.65. The van der Waals surface area contributed by atoms with Crippen LogP contribution >= 0.6 is 11.3 Å². The standard InChI is InChI=1S/C12H14N4O3S/c1-2-3-7-6-9(16-15-7)13-12(19)14-10-8(11(17)18)4-5-20-10/h4-6H,2-3H2,1H3,(H,17,18)(H3,13,14,15,16,19). The maximum absolute atomic E-state index is 11.8. The van der Waals surface area contributed by atoms with E-state index in [4.69, 9.17) is 5.11 Å². The number of carbonyl (C=O) groups is 2. The van der Waals surface area contributed by atoms with Gasteiger partial charge in [-0.25, -0.2) is 9.59 Å². The highest BCUT2D eigenvalue weighted by Crippen LogP contribution is 2.23. The average molecular weight is 294 g/mol. The second-order valence-electron chi connectivity index (χ2n) is 4.08. The van der Waals surface area contributed by atoms with Gasteiger partial charge in [-0.15, -0.1) is 11.3 Å². The molecule has 0 saturated carbocycles. The van der Waals surface area contributed by atoms with Crippen LogP contribution in [0.4, 0.5) is 15.6 Å². The molecule has 0 aliphatic rings. The number of nitrogens with zero attached hydrogens (tertiary/aromatic N) is 1. The molecule has 0 saturated heterocycles. The topological polar surface area (TPSA) is 107 Å². The van der Waals surface area contributed by atoms with Crippen molar-refractivity contribution in [1.29, 1.82) is 0 Å². The lowest BCUT2D eigenvalue weighted by Gasteiger charge is -2.04. The SMILES string of the molecule is CCCc1cc(NC(=O)Nc2sccc2C(=O)O)n[nH]1. The minimum absolute atomic E-state index is 0.0684. The first-order valence-corrected chi connectivity index (χ1v) is 6.91. The molecule has 0 aliphatic carbocycles. The summed E-state index contributed by atoms with van der Waals surface area (Å²) in [4.78, 5) is 22.7. The molecule has 0 bridgehead atoms. The van der Waals surface area contributed by atoms with E-state index in [2.05, 4.69) is 20.8 Å². The number of amides is 2. The first-order valence-electron chi connectivity index (χ1n) is 6.03. The number of aromatic carboxylic acids is 1. The molecule has 0 spiro atoms. The zero-order valence-corrected chi connectivity index (χ0v) is 11.6. The van der Waals surface area contributed by atoms with Crippen molar-refractivity contribution in [3.05, 3.63) is 28.8 Å². The minimum Gasteiger partial charge on any atom is -0.478 e. The molecule has 2 heterocycles. The van der Waals surface area contributed by atoms with Crippen molar-refractivity contribution in [1.82, 2.24) is 10.2 Å². The molecule has 0 fully saturated rings. The van der Waals surface area contributed by atoms with E-state index in [-0.39, 0.29) is 5.56 Å². The van der Waals surface area contributed by atoms with Crippen LogP contribution in [0.2, 0.25) is 0 Å². The maximum atomic E-state index is 11.8. The number of hydrogen-bond donors (Lipinski definition) is 4. The van der Waals surface area contributed by atoms with Crippen LogP contribution < -0.4 is 10.6 Å². The summed E-state index contributed by atoms with van der Waals surface area (Å²) in [5.74, 6) is -0.675. The molecule has 0 atom stereocenters. The molecule has 4 N–H and O–H groups in total. The molecule has 0 radical (unpaired) electrons. The summed E-state index contributed by atoms with van der Waals surface area (Å²) in [6.07, 6.45) is 1.83. The first kappa shape index (κ1) is 14.1. The number of thiophene rings is 1. The third-order valence-corrected chi connectivity index (χ3v) is 3.34. The minimum atomic E-state index is -1.08.